The van der Waals surface area contributed by atoms with Crippen LogP contribution in [0.25, 0.3) is 0 Å². The van der Waals surface area contributed by atoms with Crippen molar-refractivity contribution in [3.8, 4) is 5.75 Å². The number of para-hydroxylation sites is 1. The van der Waals surface area contributed by atoms with Crippen molar-refractivity contribution in [3.63, 3.8) is 0 Å². The molecule has 2 heterocycles. The Hall–Kier alpha value is -2.54. The van der Waals surface area contributed by atoms with Crippen molar-refractivity contribution in [2.45, 2.75) is 36.5 Å². The van der Waals surface area contributed by atoms with Crippen LogP contribution in [0.1, 0.15) is 13.2 Å². The van der Waals surface area contributed by atoms with Crippen molar-refractivity contribution in [1.82, 2.24) is 14.6 Å². The van der Waals surface area contributed by atoms with Gasteiger partial charge in [-0.05, 0) is 25.1 Å². The maximum atomic E-state index is 15.1. The maximum Gasteiger partial charge on any atom is 0.459 e. The first-order valence-corrected chi connectivity index (χ1v) is 11.4. The molecule has 1 saturated heterocycles. The molecule has 180 valence electrons. The predicted molar refractivity (Wildman–Crippen MR) is 113 cm³/mol. The molecule has 1 aromatic heterocycles. The number of hydrogen-bond acceptors (Lipinski definition) is 9. The van der Waals surface area contributed by atoms with E-state index in [0.717, 1.165) is 6.20 Å². The Morgan fingerprint density at radius 1 is 1.45 bits per heavy atom. The molecule has 12 nitrogen and oxygen atoms in total. The molecule has 3 rings (SSSR count). The third-order valence-corrected chi connectivity index (χ3v) is 6.64. The highest BCUT2D eigenvalue weighted by atomic mass is 35.5. The number of aliphatic hydroxyl groups excluding tert-OH is 1. The van der Waals surface area contributed by atoms with Crippen LogP contribution in [-0.4, -0.2) is 55.7 Å². The van der Waals surface area contributed by atoms with E-state index in [2.05, 4.69) is 10.1 Å². The number of nitrogens with zero attached hydrogens (tertiary/aromatic N) is 2. The molecule has 2 aromatic rings. The molecular weight excluding hydrogens is 486 g/mol. The molecule has 15 heteroatoms. The molecule has 33 heavy (non-hydrogen) atoms. The number of aromatic nitrogens is 2. The van der Waals surface area contributed by atoms with Gasteiger partial charge in [0.2, 0.25) is 0 Å². The maximum absolute atomic E-state index is 15.1. The van der Waals surface area contributed by atoms with Gasteiger partial charge in [0.1, 0.15) is 29.8 Å². The lowest BCUT2D eigenvalue weighted by Gasteiger charge is -2.24. The summed E-state index contributed by atoms with van der Waals surface area (Å²) >= 11 is 5.82. The first-order valence-electron chi connectivity index (χ1n) is 9.49. The largest absolute Gasteiger partial charge is 0.480 e. The molecule has 1 aromatic carbocycles. The lowest BCUT2D eigenvalue weighted by molar-refractivity contribution is -0.138. The van der Waals surface area contributed by atoms with E-state index in [1.165, 1.54) is 25.1 Å². The minimum absolute atomic E-state index is 0.0911. The Morgan fingerprint density at radius 2 is 2.12 bits per heavy atom. The van der Waals surface area contributed by atoms with E-state index >= 15 is 4.39 Å². The van der Waals surface area contributed by atoms with Crippen molar-refractivity contribution in [1.29, 1.82) is 0 Å². The van der Waals surface area contributed by atoms with Gasteiger partial charge in [-0.3, -0.25) is 13.9 Å². The number of anilines is 1. The van der Waals surface area contributed by atoms with Gasteiger partial charge < -0.3 is 25.2 Å². The lowest BCUT2D eigenvalue weighted by Crippen LogP contribution is -2.41. The van der Waals surface area contributed by atoms with Crippen molar-refractivity contribution in [2.24, 2.45) is 0 Å². The van der Waals surface area contributed by atoms with Gasteiger partial charge in [-0.1, -0.05) is 29.8 Å². The zero-order valence-corrected chi connectivity index (χ0v) is 18.7. The van der Waals surface area contributed by atoms with E-state index < -0.39 is 55.6 Å². The van der Waals surface area contributed by atoms with Crippen molar-refractivity contribution >= 4 is 31.1 Å². The molecule has 0 amide bonds. The number of aliphatic carboxylic acids is 1. The number of nitrogens with two attached hydrogens (primary N) is 1. The zero-order valence-electron chi connectivity index (χ0n) is 17.1. The molecule has 0 aliphatic carbocycles. The van der Waals surface area contributed by atoms with Crippen LogP contribution in [0.3, 0.4) is 0 Å². The Labute approximate surface area is 191 Å². The molecule has 1 aliphatic rings. The Bertz CT molecular complexity index is 1100. The molecule has 5 N–H and O–H groups in total. The number of benzene rings is 1. The van der Waals surface area contributed by atoms with Gasteiger partial charge in [0.05, 0.1) is 6.61 Å². The van der Waals surface area contributed by atoms with Crippen LogP contribution < -0.4 is 21.0 Å². The third-order valence-electron chi connectivity index (χ3n) is 4.58. The topological polar surface area (TPSA) is 175 Å². The first kappa shape index (κ1) is 25.1. The van der Waals surface area contributed by atoms with Gasteiger partial charge in [0.25, 0.3) is 5.13 Å². The van der Waals surface area contributed by atoms with E-state index in [9.17, 15) is 19.3 Å². The van der Waals surface area contributed by atoms with E-state index in [1.54, 1.807) is 18.2 Å². The Balaban J connectivity index is 1.80. The summed E-state index contributed by atoms with van der Waals surface area (Å²) in [5.41, 5.74) is 4.43. The number of carboxylic acids is 1. The minimum Gasteiger partial charge on any atom is -0.480 e. The summed E-state index contributed by atoms with van der Waals surface area (Å²) in [6.07, 6.45) is -4.28. The lowest BCUT2D eigenvalue weighted by atomic mass is 10.1. The number of aliphatic hydroxyl groups is 1. The van der Waals surface area contributed by atoms with E-state index in [0.29, 0.717) is 4.57 Å². The summed E-state index contributed by atoms with van der Waals surface area (Å²) in [5, 5.41) is 18.7. The number of hydrogen-bond donors (Lipinski definition) is 4. The second-order valence-electron chi connectivity index (χ2n) is 7.08. The third kappa shape index (κ3) is 5.69. The number of halogens is 2. The SMILES string of the molecule is C[C@H](NP(=O)(OC[C@H]1O[C@@H](n2ccc(N)nc2=O)[C@@](F)(Cl)[C@@H]1O)Oc1ccccc1)C(=O)O. The number of rotatable bonds is 9. The zero-order chi connectivity index (χ0) is 24.4. The summed E-state index contributed by atoms with van der Waals surface area (Å²) in [6.45, 7) is 0.464. The molecule has 1 fully saturated rings. The van der Waals surface area contributed by atoms with Gasteiger partial charge >= 0.3 is 19.4 Å². The summed E-state index contributed by atoms with van der Waals surface area (Å²) in [4.78, 5) is 26.7. The van der Waals surface area contributed by atoms with Crippen LogP contribution in [0.15, 0.2) is 47.4 Å². The average Bonchev–Trinajstić information content (AvgIpc) is 2.96. The normalized spacial score (nSPS) is 27.6. The second kappa shape index (κ2) is 9.75. The summed E-state index contributed by atoms with van der Waals surface area (Å²) in [6, 6.07) is 7.58. The van der Waals surface area contributed by atoms with Crippen LogP contribution in [0.5, 0.6) is 5.75 Å². The molecule has 1 unspecified atom stereocenters. The summed E-state index contributed by atoms with van der Waals surface area (Å²) in [5.74, 6) is -1.37. The van der Waals surface area contributed by atoms with E-state index in [-0.39, 0.29) is 11.6 Å². The number of carboxylic acid groups (broad SMARTS) is 1. The van der Waals surface area contributed by atoms with Gasteiger partial charge in [-0.2, -0.15) is 10.1 Å². The Kier molecular flexibility index (Phi) is 7.42. The van der Waals surface area contributed by atoms with Crippen molar-refractivity contribution < 1.29 is 37.7 Å². The smallest absolute Gasteiger partial charge is 0.459 e. The minimum atomic E-state index is -4.36. The summed E-state index contributed by atoms with van der Waals surface area (Å²) in [7, 11) is -4.36. The van der Waals surface area contributed by atoms with Crippen molar-refractivity contribution in [2.75, 3.05) is 12.3 Å². The number of nitrogen functional groups attached to an aromatic ring is 1. The highest BCUT2D eigenvalue weighted by Crippen LogP contribution is 2.48. The van der Waals surface area contributed by atoms with Gasteiger partial charge in [-0.15, -0.1) is 0 Å². The fraction of sp³-hybridized carbons (Fsp3) is 0.389. The molecule has 1 aliphatic heterocycles. The standard InChI is InChI=1S/C18H21ClFN4O8P/c1-10(15(26)27)23-33(29,32-11-5-3-2-4-6-11)30-9-12-14(25)18(19,20)16(31-12)24-8-7-13(21)22-17(24)28/h2-8,10,12,14,16,25H,9H2,1H3,(H,23,29)(H,26,27)(H2,21,22,28)/t10-,12+,14+,16+,18+,33?/m0/s1. The molecule has 0 spiro atoms. The number of ether oxygens (including phenoxy) is 1. The van der Waals surface area contributed by atoms with E-state index in [4.69, 9.17) is 36.2 Å². The highest BCUT2D eigenvalue weighted by molar-refractivity contribution is 7.52. The molecule has 6 atom stereocenters. The number of carbonyl (C=O) groups is 1. The highest BCUT2D eigenvalue weighted by Gasteiger charge is 2.58. The van der Waals surface area contributed by atoms with Crippen LogP contribution in [0.4, 0.5) is 10.2 Å². The fourth-order valence-corrected chi connectivity index (χ4v) is 4.69. The number of alkyl halides is 2. The van der Waals surface area contributed by atoms with Crippen LogP contribution in [0.2, 0.25) is 0 Å². The van der Waals surface area contributed by atoms with E-state index in [1.807, 2.05) is 0 Å². The molecule has 0 radical (unpaired) electrons. The first-order chi connectivity index (χ1) is 15.4. The molecule has 0 saturated carbocycles. The van der Waals surface area contributed by atoms with Gasteiger partial charge in [0.15, 0.2) is 6.23 Å². The predicted octanol–water partition coefficient (Wildman–Crippen LogP) is 1.25. The average molecular weight is 507 g/mol. The fourth-order valence-electron chi connectivity index (χ4n) is 2.88. The second-order valence-corrected chi connectivity index (χ2v) is 9.35. The molecule has 0 bridgehead atoms. The number of nitrogens with one attached hydrogen (secondary N) is 1. The van der Waals surface area contributed by atoms with Gasteiger partial charge in [-0.25, -0.2) is 13.8 Å². The summed E-state index contributed by atoms with van der Waals surface area (Å²) < 4.78 is 44.9. The van der Waals surface area contributed by atoms with Crippen LogP contribution >= 0.6 is 19.3 Å². The monoisotopic (exact) mass is 506 g/mol. The van der Waals surface area contributed by atoms with Crippen LogP contribution in [-0.2, 0) is 18.6 Å². The van der Waals surface area contributed by atoms with Crippen molar-refractivity contribution in [3.05, 3.63) is 53.1 Å². The van der Waals surface area contributed by atoms with Crippen LogP contribution in [0, 0.1) is 0 Å². The van der Waals surface area contributed by atoms with Gasteiger partial charge in [0, 0.05) is 6.20 Å². The molecular formula is C18H21ClFN4O8P. The Morgan fingerprint density at radius 3 is 2.73 bits per heavy atom. The quantitative estimate of drug-likeness (QED) is 0.284.